The van der Waals surface area contributed by atoms with E-state index in [1.807, 2.05) is 0 Å². The minimum absolute atomic E-state index is 0.140. The van der Waals surface area contributed by atoms with Crippen molar-refractivity contribution >= 4 is 57.6 Å². The first-order valence-electron chi connectivity index (χ1n) is 6.54. The van der Waals surface area contributed by atoms with Crippen LogP contribution >= 0.6 is 35.0 Å². The number of anilines is 1. The third kappa shape index (κ3) is 3.96. The molecule has 2 N–H and O–H groups in total. The van der Waals surface area contributed by atoms with E-state index in [9.17, 15) is 9.18 Å². The Kier molecular flexibility index (Phi) is 4.75. The number of rotatable bonds is 4. The Labute approximate surface area is 145 Å². The van der Waals surface area contributed by atoms with Crippen LogP contribution in [0.2, 0.25) is 10.0 Å². The predicted molar refractivity (Wildman–Crippen MR) is 91.9 cm³/mol. The third-order valence-electron chi connectivity index (χ3n) is 2.97. The number of fused-ring (bicyclic) bond motifs is 1. The van der Waals surface area contributed by atoms with Gasteiger partial charge < -0.3 is 10.3 Å². The summed E-state index contributed by atoms with van der Waals surface area (Å²) >= 11 is 13.0. The fourth-order valence-corrected chi connectivity index (χ4v) is 3.01. The lowest BCUT2D eigenvalue weighted by molar-refractivity contribution is -0.113. The Morgan fingerprint density at radius 2 is 2.09 bits per heavy atom. The molecule has 0 spiro atoms. The number of nitrogens with zero attached hydrogens (tertiary/aromatic N) is 1. The summed E-state index contributed by atoms with van der Waals surface area (Å²) in [5.74, 6) is -0.577. The Morgan fingerprint density at radius 3 is 2.87 bits per heavy atom. The molecule has 0 bridgehead atoms. The van der Waals surface area contributed by atoms with Crippen LogP contribution in [-0.2, 0) is 4.79 Å². The van der Waals surface area contributed by atoms with Gasteiger partial charge in [0.05, 0.1) is 27.5 Å². The molecule has 4 nitrogen and oxygen atoms in total. The first-order valence-corrected chi connectivity index (χ1v) is 8.28. The molecule has 0 saturated carbocycles. The van der Waals surface area contributed by atoms with E-state index in [0.29, 0.717) is 15.9 Å². The smallest absolute Gasteiger partial charge is 0.234 e. The Bertz CT molecular complexity index is 884. The zero-order valence-corrected chi connectivity index (χ0v) is 13.9. The highest BCUT2D eigenvalue weighted by Gasteiger charge is 2.10. The normalized spacial score (nSPS) is 10.9. The van der Waals surface area contributed by atoms with E-state index in [0.717, 1.165) is 17.1 Å². The van der Waals surface area contributed by atoms with Gasteiger partial charge in [-0.25, -0.2) is 9.37 Å². The molecule has 118 valence electrons. The fraction of sp³-hybridized carbons (Fsp3) is 0.0667. The molecule has 1 aromatic heterocycles. The molecular weight excluding hydrogens is 360 g/mol. The number of hydrogen-bond acceptors (Lipinski definition) is 3. The van der Waals surface area contributed by atoms with Crippen molar-refractivity contribution in [1.82, 2.24) is 9.97 Å². The summed E-state index contributed by atoms with van der Waals surface area (Å²) < 4.78 is 13.0. The maximum absolute atomic E-state index is 13.0. The van der Waals surface area contributed by atoms with Crippen molar-refractivity contribution in [2.24, 2.45) is 0 Å². The second-order valence-electron chi connectivity index (χ2n) is 4.66. The molecule has 23 heavy (non-hydrogen) atoms. The summed E-state index contributed by atoms with van der Waals surface area (Å²) in [5.41, 5.74) is 1.95. The van der Waals surface area contributed by atoms with Crippen LogP contribution in [0.15, 0.2) is 41.6 Å². The number of benzene rings is 2. The first kappa shape index (κ1) is 16.1. The summed E-state index contributed by atoms with van der Waals surface area (Å²) in [7, 11) is 0. The second kappa shape index (κ2) is 6.78. The van der Waals surface area contributed by atoms with Crippen LogP contribution in [0.5, 0.6) is 0 Å². The lowest BCUT2D eigenvalue weighted by Crippen LogP contribution is -2.14. The van der Waals surface area contributed by atoms with E-state index in [2.05, 4.69) is 15.3 Å². The maximum Gasteiger partial charge on any atom is 0.234 e. The van der Waals surface area contributed by atoms with E-state index in [1.165, 1.54) is 23.9 Å². The van der Waals surface area contributed by atoms with E-state index in [-0.39, 0.29) is 16.7 Å². The molecule has 0 unspecified atom stereocenters. The van der Waals surface area contributed by atoms with Crippen molar-refractivity contribution in [3.63, 3.8) is 0 Å². The number of aromatic nitrogens is 2. The Morgan fingerprint density at radius 1 is 1.26 bits per heavy atom. The largest absolute Gasteiger partial charge is 0.333 e. The highest BCUT2D eigenvalue weighted by molar-refractivity contribution is 7.99. The Hall–Kier alpha value is -1.76. The zero-order valence-electron chi connectivity index (χ0n) is 11.6. The van der Waals surface area contributed by atoms with E-state index < -0.39 is 5.82 Å². The molecule has 0 radical (unpaired) electrons. The molecule has 0 fully saturated rings. The van der Waals surface area contributed by atoms with Crippen LogP contribution in [0.3, 0.4) is 0 Å². The molecule has 1 heterocycles. The van der Waals surface area contributed by atoms with Crippen molar-refractivity contribution in [3.8, 4) is 0 Å². The summed E-state index contributed by atoms with van der Waals surface area (Å²) in [6.07, 6.45) is 0. The first-order chi connectivity index (χ1) is 11.0. The molecule has 0 atom stereocenters. The number of carbonyl (C=O) groups is 1. The number of halogens is 3. The maximum atomic E-state index is 13.0. The van der Waals surface area contributed by atoms with Crippen molar-refractivity contribution in [1.29, 1.82) is 0 Å². The van der Waals surface area contributed by atoms with Crippen LogP contribution in [0.1, 0.15) is 0 Å². The number of aromatic amines is 1. The van der Waals surface area contributed by atoms with E-state index in [4.69, 9.17) is 23.2 Å². The molecule has 2 aromatic carbocycles. The predicted octanol–water partition coefficient (Wildman–Crippen LogP) is 4.74. The molecule has 0 saturated heterocycles. The summed E-state index contributed by atoms with van der Waals surface area (Å²) in [6, 6.07) is 9.12. The molecular formula is C15H10Cl2FN3OS. The number of thioether (sulfide) groups is 1. The molecule has 3 aromatic rings. The van der Waals surface area contributed by atoms with E-state index >= 15 is 0 Å². The minimum Gasteiger partial charge on any atom is -0.333 e. The van der Waals surface area contributed by atoms with Gasteiger partial charge in [-0.1, -0.05) is 35.0 Å². The lowest BCUT2D eigenvalue weighted by Gasteiger charge is -2.06. The van der Waals surface area contributed by atoms with Crippen LogP contribution in [0.4, 0.5) is 10.1 Å². The number of imidazole rings is 1. The topological polar surface area (TPSA) is 57.8 Å². The quantitative estimate of drug-likeness (QED) is 0.653. The highest BCUT2D eigenvalue weighted by Crippen LogP contribution is 2.24. The summed E-state index contributed by atoms with van der Waals surface area (Å²) in [5, 5.41) is 4.01. The van der Waals surface area contributed by atoms with Gasteiger partial charge in [0, 0.05) is 5.02 Å². The van der Waals surface area contributed by atoms with Crippen LogP contribution in [0.25, 0.3) is 11.0 Å². The molecule has 3 rings (SSSR count). The number of carbonyl (C=O) groups excluding carboxylic acids is 1. The van der Waals surface area contributed by atoms with Crippen molar-refractivity contribution in [2.75, 3.05) is 11.1 Å². The van der Waals surface area contributed by atoms with Gasteiger partial charge >= 0.3 is 0 Å². The summed E-state index contributed by atoms with van der Waals surface area (Å²) in [4.78, 5) is 19.4. The number of H-pyrrole nitrogens is 1. The van der Waals surface area contributed by atoms with Crippen LogP contribution in [0, 0.1) is 5.82 Å². The highest BCUT2D eigenvalue weighted by atomic mass is 35.5. The average Bonchev–Trinajstić information content (AvgIpc) is 2.90. The van der Waals surface area contributed by atoms with Gasteiger partial charge in [-0.15, -0.1) is 0 Å². The van der Waals surface area contributed by atoms with Crippen molar-refractivity contribution in [2.45, 2.75) is 5.16 Å². The molecule has 0 aliphatic rings. The number of nitrogens with one attached hydrogen (secondary N) is 2. The Balaban J connectivity index is 1.63. The van der Waals surface area contributed by atoms with Crippen molar-refractivity contribution in [3.05, 3.63) is 52.3 Å². The van der Waals surface area contributed by atoms with Gasteiger partial charge in [0.2, 0.25) is 5.91 Å². The second-order valence-corrected chi connectivity index (χ2v) is 6.47. The molecule has 0 aliphatic heterocycles. The standard InChI is InChI=1S/C15H10Cl2FN3OS/c16-8-1-3-12-13(5-8)21-15(20-12)23-7-14(22)19-11-4-2-9(18)6-10(11)17/h1-6H,7H2,(H,19,22)(H,20,21). The van der Waals surface area contributed by atoms with Gasteiger partial charge in [-0.2, -0.15) is 0 Å². The van der Waals surface area contributed by atoms with Gasteiger partial charge in [-0.3, -0.25) is 4.79 Å². The van der Waals surface area contributed by atoms with Gasteiger partial charge in [0.1, 0.15) is 5.82 Å². The molecule has 0 aliphatic carbocycles. The number of hydrogen-bond donors (Lipinski definition) is 2. The lowest BCUT2D eigenvalue weighted by atomic mass is 10.3. The van der Waals surface area contributed by atoms with Gasteiger partial charge in [-0.05, 0) is 36.4 Å². The van der Waals surface area contributed by atoms with Gasteiger partial charge in [0.25, 0.3) is 0 Å². The average molecular weight is 370 g/mol. The molecule has 8 heteroatoms. The van der Waals surface area contributed by atoms with E-state index in [1.54, 1.807) is 18.2 Å². The van der Waals surface area contributed by atoms with Gasteiger partial charge in [0.15, 0.2) is 5.16 Å². The van der Waals surface area contributed by atoms with Crippen LogP contribution < -0.4 is 5.32 Å². The zero-order chi connectivity index (χ0) is 16.4. The fourth-order valence-electron chi connectivity index (χ4n) is 1.94. The molecule has 1 amide bonds. The third-order valence-corrected chi connectivity index (χ3v) is 4.39. The number of amides is 1. The van der Waals surface area contributed by atoms with Crippen LogP contribution in [-0.4, -0.2) is 21.6 Å². The van der Waals surface area contributed by atoms with Crippen molar-refractivity contribution < 1.29 is 9.18 Å². The summed E-state index contributed by atoms with van der Waals surface area (Å²) in [6.45, 7) is 0. The minimum atomic E-state index is -0.455. The monoisotopic (exact) mass is 369 g/mol. The SMILES string of the molecule is O=C(CSc1nc2ccc(Cl)cc2[nH]1)Nc1ccc(F)cc1Cl.